The smallest absolute Gasteiger partial charge is 0.258 e. The van der Waals surface area contributed by atoms with E-state index in [2.05, 4.69) is 15.9 Å². The Balaban J connectivity index is 2.29. The van der Waals surface area contributed by atoms with E-state index in [0.717, 1.165) is 5.69 Å². The van der Waals surface area contributed by atoms with Gasteiger partial charge in [0.1, 0.15) is 5.82 Å². The van der Waals surface area contributed by atoms with E-state index >= 15 is 0 Å². The van der Waals surface area contributed by atoms with Crippen molar-refractivity contribution in [2.45, 2.75) is 0 Å². The molecule has 2 aromatic rings. The molecule has 4 heteroatoms. The molecule has 1 amide bonds. The highest BCUT2D eigenvalue weighted by atomic mass is 79.9. The Kier molecular flexibility index (Phi) is 3.77. The largest absolute Gasteiger partial charge is 0.311 e. The van der Waals surface area contributed by atoms with Gasteiger partial charge in [-0.15, -0.1) is 0 Å². The second-order valence-corrected chi connectivity index (χ2v) is 4.68. The molecule has 0 heterocycles. The molecule has 0 radical (unpaired) electrons. The molecular formula is C14H11BrFNO. The monoisotopic (exact) mass is 307 g/mol. The van der Waals surface area contributed by atoms with Gasteiger partial charge in [0.05, 0.1) is 4.47 Å². The maximum absolute atomic E-state index is 13.1. The number of rotatable bonds is 2. The highest BCUT2D eigenvalue weighted by Gasteiger charge is 2.14. The Labute approximate surface area is 113 Å². The number of para-hydroxylation sites is 1. The van der Waals surface area contributed by atoms with Gasteiger partial charge in [-0.1, -0.05) is 18.2 Å². The molecule has 0 bridgehead atoms. The third-order valence-corrected chi connectivity index (χ3v) is 3.22. The number of anilines is 1. The first kappa shape index (κ1) is 12.8. The first-order valence-corrected chi connectivity index (χ1v) is 6.17. The average molecular weight is 308 g/mol. The van der Waals surface area contributed by atoms with Crippen molar-refractivity contribution in [3.63, 3.8) is 0 Å². The SMILES string of the molecule is CN(C(=O)c1ccc(F)c(Br)c1)c1ccccc1. The van der Waals surface area contributed by atoms with Crippen molar-refractivity contribution in [1.82, 2.24) is 0 Å². The zero-order chi connectivity index (χ0) is 13.1. The Hall–Kier alpha value is -1.68. The Bertz CT molecular complexity index is 571. The molecule has 0 saturated heterocycles. The summed E-state index contributed by atoms with van der Waals surface area (Å²) >= 11 is 3.07. The number of carbonyl (C=O) groups is 1. The number of hydrogen-bond donors (Lipinski definition) is 0. The van der Waals surface area contributed by atoms with Gasteiger partial charge < -0.3 is 4.90 Å². The minimum Gasteiger partial charge on any atom is -0.311 e. The molecule has 2 nitrogen and oxygen atoms in total. The minimum absolute atomic E-state index is 0.179. The predicted molar refractivity (Wildman–Crippen MR) is 73.3 cm³/mol. The van der Waals surface area contributed by atoms with Gasteiger partial charge >= 0.3 is 0 Å². The van der Waals surface area contributed by atoms with Crippen LogP contribution in [0.15, 0.2) is 53.0 Å². The highest BCUT2D eigenvalue weighted by molar-refractivity contribution is 9.10. The lowest BCUT2D eigenvalue weighted by atomic mass is 10.2. The van der Waals surface area contributed by atoms with Crippen LogP contribution in [0.4, 0.5) is 10.1 Å². The molecule has 0 saturated carbocycles. The van der Waals surface area contributed by atoms with Gasteiger partial charge in [0.15, 0.2) is 0 Å². The molecule has 0 spiro atoms. The lowest BCUT2D eigenvalue weighted by molar-refractivity contribution is 0.0993. The topological polar surface area (TPSA) is 20.3 Å². The Morgan fingerprint density at radius 1 is 1.17 bits per heavy atom. The molecule has 0 aliphatic carbocycles. The molecule has 0 fully saturated rings. The quantitative estimate of drug-likeness (QED) is 0.825. The fourth-order valence-corrected chi connectivity index (χ4v) is 1.97. The molecular weight excluding hydrogens is 297 g/mol. The van der Waals surface area contributed by atoms with Gasteiger partial charge in [0.25, 0.3) is 5.91 Å². The second kappa shape index (κ2) is 5.31. The van der Waals surface area contributed by atoms with E-state index in [1.807, 2.05) is 30.3 Å². The van der Waals surface area contributed by atoms with Crippen LogP contribution in [0.1, 0.15) is 10.4 Å². The fraction of sp³-hybridized carbons (Fsp3) is 0.0714. The van der Waals surface area contributed by atoms with Crippen LogP contribution < -0.4 is 4.90 Å². The van der Waals surface area contributed by atoms with Crippen molar-refractivity contribution in [2.75, 3.05) is 11.9 Å². The molecule has 0 aliphatic heterocycles. The van der Waals surface area contributed by atoms with Crippen LogP contribution in [0, 0.1) is 5.82 Å². The number of carbonyl (C=O) groups excluding carboxylic acids is 1. The third kappa shape index (κ3) is 2.59. The van der Waals surface area contributed by atoms with Crippen LogP contribution in [0.5, 0.6) is 0 Å². The maximum Gasteiger partial charge on any atom is 0.258 e. The first-order chi connectivity index (χ1) is 8.59. The van der Waals surface area contributed by atoms with E-state index in [0.29, 0.717) is 5.56 Å². The summed E-state index contributed by atoms with van der Waals surface area (Å²) in [6.07, 6.45) is 0. The van der Waals surface area contributed by atoms with E-state index in [9.17, 15) is 9.18 Å². The summed E-state index contributed by atoms with van der Waals surface area (Å²) in [6.45, 7) is 0. The highest BCUT2D eigenvalue weighted by Crippen LogP contribution is 2.20. The van der Waals surface area contributed by atoms with E-state index < -0.39 is 0 Å². The van der Waals surface area contributed by atoms with E-state index in [1.54, 1.807) is 7.05 Å². The van der Waals surface area contributed by atoms with Crippen LogP contribution in [-0.4, -0.2) is 13.0 Å². The zero-order valence-corrected chi connectivity index (χ0v) is 11.3. The number of amides is 1. The maximum atomic E-state index is 13.1. The van der Waals surface area contributed by atoms with Gasteiger partial charge in [0, 0.05) is 18.3 Å². The van der Waals surface area contributed by atoms with Crippen LogP contribution in [0.3, 0.4) is 0 Å². The number of benzene rings is 2. The van der Waals surface area contributed by atoms with Crippen molar-refractivity contribution in [3.05, 3.63) is 64.4 Å². The molecule has 0 aliphatic rings. The van der Waals surface area contributed by atoms with Crippen molar-refractivity contribution < 1.29 is 9.18 Å². The molecule has 0 N–H and O–H groups in total. The average Bonchev–Trinajstić information content (AvgIpc) is 2.41. The summed E-state index contributed by atoms with van der Waals surface area (Å²) in [7, 11) is 1.69. The lowest BCUT2D eigenvalue weighted by Crippen LogP contribution is -2.26. The molecule has 2 aromatic carbocycles. The molecule has 2 rings (SSSR count). The molecule has 0 unspecified atom stereocenters. The number of nitrogens with zero attached hydrogens (tertiary/aromatic N) is 1. The summed E-state index contributed by atoms with van der Waals surface area (Å²) in [6, 6.07) is 13.5. The van der Waals surface area contributed by atoms with Crippen molar-refractivity contribution in [3.8, 4) is 0 Å². The van der Waals surface area contributed by atoms with Gasteiger partial charge in [-0.25, -0.2) is 4.39 Å². The second-order valence-electron chi connectivity index (χ2n) is 3.83. The minimum atomic E-state index is -0.381. The first-order valence-electron chi connectivity index (χ1n) is 5.38. The van der Waals surface area contributed by atoms with E-state index in [4.69, 9.17) is 0 Å². The van der Waals surface area contributed by atoms with Crippen molar-refractivity contribution >= 4 is 27.5 Å². The fourth-order valence-electron chi connectivity index (χ4n) is 1.59. The van der Waals surface area contributed by atoms with Crippen LogP contribution in [0.25, 0.3) is 0 Å². The summed E-state index contributed by atoms with van der Waals surface area (Å²) in [5, 5.41) is 0. The summed E-state index contributed by atoms with van der Waals surface area (Å²) in [5.74, 6) is -0.559. The Morgan fingerprint density at radius 2 is 1.83 bits per heavy atom. The van der Waals surface area contributed by atoms with Gasteiger partial charge in [-0.3, -0.25) is 4.79 Å². The number of halogens is 2. The predicted octanol–water partition coefficient (Wildman–Crippen LogP) is 3.86. The molecule has 92 valence electrons. The van der Waals surface area contributed by atoms with Crippen molar-refractivity contribution in [2.24, 2.45) is 0 Å². The summed E-state index contributed by atoms with van der Waals surface area (Å²) in [4.78, 5) is 13.7. The normalized spacial score (nSPS) is 10.2. The summed E-state index contributed by atoms with van der Waals surface area (Å²) in [5.41, 5.74) is 1.23. The summed E-state index contributed by atoms with van der Waals surface area (Å²) < 4.78 is 13.4. The van der Waals surface area contributed by atoms with Gasteiger partial charge in [-0.2, -0.15) is 0 Å². The van der Waals surface area contributed by atoms with E-state index in [-0.39, 0.29) is 16.2 Å². The van der Waals surface area contributed by atoms with Crippen LogP contribution in [-0.2, 0) is 0 Å². The van der Waals surface area contributed by atoms with E-state index in [1.165, 1.54) is 23.1 Å². The number of hydrogen-bond acceptors (Lipinski definition) is 1. The van der Waals surface area contributed by atoms with Crippen LogP contribution in [0.2, 0.25) is 0 Å². The van der Waals surface area contributed by atoms with Crippen molar-refractivity contribution in [1.29, 1.82) is 0 Å². The molecule has 18 heavy (non-hydrogen) atoms. The third-order valence-electron chi connectivity index (χ3n) is 2.61. The molecule has 0 aromatic heterocycles. The Morgan fingerprint density at radius 3 is 2.44 bits per heavy atom. The lowest BCUT2D eigenvalue weighted by Gasteiger charge is -2.17. The standard InChI is InChI=1S/C14H11BrFNO/c1-17(11-5-3-2-4-6-11)14(18)10-7-8-13(16)12(15)9-10/h2-9H,1H3. The van der Waals surface area contributed by atoms with Gasteiger partial charge in [-0.05, 0) is 46.3 Å². The molecule has 0 atom stereocenters. The zero-order valence-electron chi connectivity index (χ0n) is 9.73. The van der Waals surface area contributed by atoms with Gasteiger partial charge in [0.2, 0.25) is 0 Å². The van der Waals surface area contributed by atoms with Crippen LogP contribution >= 0.6 is 15.9 Å².